The molecule has 0 aliphatic carbocycles. The number of hydrogen-bond donors (Lipinski definition) is 0. The lowest BCUT2D eigenvalue weighted by molar-refractivity contribution is -0.0378. The molecule has 2 saturated heterocycles. The molecule has 1 atom stereocenters. The second-order valence-corrected chi connectivity index (χ2v) is 6.21. The van der Waals surface area contributed by atoms with Gasteiger partial charge in [-0.1, -0.05) is 11.6 Å². The van der Waals surface area contributed by atoms with E-state index in [0.717, 1.165) is 30.2 Å². The van der Waals surface area contributed by atoms with E-state index in [0.29, 0.717) is 17.6 Å². The van der Waals surface area contributed by atoms with Crippen LogP contribution in [-0.2, 0) is 4.74 Å². The van der Waals surface area contributed by atoms with Gasteiger partial charge in [0.1, 0.15) is 5.15 Å². The minimum Gasteiger partial charge on any atom is -0.356 e. The first-order valence-electron chi connectivity index (χ1n) is 7.32. The van der Waals surface area contributed by atoms with Gasteiger partial charge in [-0.3, -0.25) is 0 Å². The quantitative estimate of drug-likeness (QED) is 0.794. The molecule has 2 aromatic heterocycles. The number of ether oxygens (including phenoxy) is 1. The first-order valence-corrected chi connectivity index (χ1v) is 7.69. The Morgan fingerprint density at radius 1 is 1.32 bits per heavy atom. The molecule has 118 valence electrons. The summed E-state index contributed by atoms with van der Waals surface area (Å²) >= 11 is 5.98. The van der Waals surface area contributed by atoms with Crippen molar-refractivity contribution in [2.45, 2.75) is 31.4 Å². The topological polar surface area (TPSA) is 43.2 Å². The number of fused-ring (bicyclic) bond motifs is 1. The van der Waals surface area contributed by atoms with Crippen LogP contribution in [0.1, 0.15) is 25.5 Å². The van der Waals surface area contributed by atoms with Gasteiger partial charge in [0.2, 0.25) is 0 Å². The lowest BCUT2D eigenvalue weighted by atomic mass is 10.1. The normalized spacial score (nSPS) is 24.5. The maximum atomic E-state index is 13.2. The minimum atomic E-state index is -2.64. The zero-order valence-electron chi connectivity index (χ0n) is 11.8. The molecule has 0 saturated carbocycles. The van der Waals surface area contributed by atoms with E-state index in [-0.39, 0.29) is 19.3 Å². The van der Waals surface area contributed by atoms with Crippen molar-refractivity contribution in [1.82, 2.24) is 14.8 Å². The molecule has 2 aliphatic heterocycles. The maximum absolute atomic E-state index is 13.2. The second kappa shape index (κ2) is 5.03. The van der Waals surface area contributed by atoms with E-state index in [1.165, 1.54) is 0 Å². The fourth-order valence-electron chi connectivity index (χ4n) is 3.02. The summed E-state index contributed by atoms with van der Waals surface area (Å²) in [6.45, 7) is 0.0580. The average molecular weight is 329 g/mol. The van der Waals surface area contributed by atoms with Crippen LogP contribution < -0.4 is 4.90 Å². The molecule has 2 aromatic rings. The van der Waals surface area contributed by atoms with Crippen LogP contribution in [-0.4, -0.2) is 40.4 Å². The number of nitrogens with zero attached hydrogens (tertiary/aromatic N) is 4. The van der Waals surface area contributed by atoms with E-state index in [2.05, 4.69) is 10.1 Å². The first-order chi connectivity index (χ1) is 10.5. The van der Waals surface area contributed by atoms with Crippen molar-refractivity contribution in [2.75, 3.05) is 24.6 Å². The molecule has 0 radical (unpaired) electrons. The van der Waals surface area contributed by atoms with Gasteiger partial charge in [-0.2, -0.15) is 5.10 Å². The number of alkyl halides is 2. The molecule has 5 nitrogen and oxygen atoms in total. The van der Waals surface area contributed by atoms with Gasteiger partial charge in [-0.25, -0.2) is 18.4 Å². The predicted octanol–water partition coefficient (Wildman–Crippen LogP) is 3.24. The van der Waals surface area contributed by atoms with E-state index in [4.69, 9.17) is 16.3 Å². The van der Waals surface area contributed by atoms with Crippen molar-refractivity contribution in [2.24, 2.45) is 0 Å². The van der Waals surface area contributed by atoms with Crippen LogP contribution in [0.5, 0.6) is 0 Å². The molecule has 0 aromatic carbocycles. The van der Waals surface area contributed by atoms with E-state index >= 15 is 0 Å². The summed E-state index contributed by atoms with van der Waals surface area (Å²) in [5, 5.41) is 5.61. The van der Waals surface area contributed by atoms with Gasteiger partial charge in [0.25, 0.3) is 5.92 Å². The highest BCUT2D eigenvalue weighted by atomic mass is 35.5. The summed E-state index contributed by atoms with van der Waals surface area (Å²) in [6.07, 6.45) is 4.36. The van der Waals surface area contributed by atoms with Crippen LogP contribution in [0.4, 0.5) is 14.6 Å². The van der Waals surface area contributed by atoms with Gasteiger partial charge in [0.15, 0.2) is 12.0 Å². The summed E-state index contributed by atoms with van der Waals surface area (Å²) in [4.78, 5) is 5.63. The van der Waals surface area contributed by atoms with Crippen molar-refractivity contribution in [1.29, 1.82) is 0 Å². The fraction of sp³-hybridized carbons (Fsp3) is 0.571. The minimum absolute atomic E-state index is 0.176. The Morgan fingerprint density at radius 2 is 2.14 bits per heavy atom. The number of halogens is 3. The number of anilines is 1. The predicted molar refractivity (Wildman–Crippen MR) is 78.5 cm³/mol. The highest BCUT2D eigenvalue weighted by Crippen LogP contribution is 2.37. The monoisotopic (exact) mass is 328 g/mol. The molecule has 8 heteroatoms. The largest absolute Gasteiger partial charge is 0.356 e. The van der Waals surface area contributed by atoms with E-state index in [1.54, 1.807) is 21.8 Å². The zero-order chi connectivity index (χ0) is 15.3. The molecule has 2 aliphatic rings. The smallest absolute Gasteiger partial charge is 0.282 e. The van der Waals surface area contributed by atoms with Crippen LogP contribution >= 0.6 is 11.6 Å². The molecule has 0 bridgehead atoms. The van der Waals surface area contributed by atoms with Crippen LogP contribution in [0.25, 0.3) is 10.9 Å². The third-order valence-electron chi connectivity index (χ3n) is 4.11. The Labute approximate surface area is 130 Å². The summed E-state index contributed by atoms with van der Waals surface area (Å²) in [5.74, 6) is -2.11. The Kier molecular flexibility index (Phi) is 3.23. The fourth-order valence-corrected chi connectivity index (χ4v) is 3.18. The summed E-state index contributed by atoms with van der Waals surface area (Å²) < 4.78 is 33.8. The standard InChI is InChI=1S/C14H15ClF2N4O/c15-11-5-10-9(6-18-11)13(20-7-14(16,17)8-20)19-21(10)12-3-1-2-4-22-12/h5-6,12H,1-4,7-8H2. The third-order valence-corrected chi connectivity index (χ3v) is 4.32. The Balaban J connectivity index is 1.77. The second-order valence-electron chi connectivity index (χ2n) is 5.83. The van der Waals surface area contributed by atoms with Crippen LogP contribution in [0.2, 0.25) is 5.15 Å². The van der Waals surface area contributed by atoms with Gasteiger partial charge >= 0.3 is 0 Å². The summed E-state index contributed by atoms with van der Waals surface area (Å²) in [5.41, 5.74) is 0.775. The number of rotatable bonds is 2. The Hall–Kier alpha value is -1.47. The summed E-state index contributed by atoms with van der Waals surface area (Å²) in [7, 11) is 0. The first kappa shape index (κ1) is 14.1. The van der Waals surface area contributed by atoms with Gasteiger partial charge in [-0.15, -0.1) is 0 Å². The SMILES string of the molecule is FC1(F)CN(c2nn(C3CCCCO3)c3cc(Cl)ncc23)C1. The van der Waals surface area contributed by atoms with Crippen molar-refractivity contribution >= 4 is 28.3 Å². The Bertz CT molecular complexity index is 706. The molecule has 0 amide bonds. The highest BCUT2D eigenvalue weighted by Gasteiger charge is 2.45. The van der Waals surface area contributed by atoms with Crippen molar-refractivity contribution in [3.63, 3.8) is 0 Å². The lowest BCUT2D eigenvalue weighted by Crippen LogP contribution is -2.56. The molecule has 1 unspecified atom stereocenters. The van der Waals surface area contributed by atoms with Crippen molar-refractivity contribution in [3.8, 4) is 0 Å². The van der Waals surface area contributed by atoms with Crippen LogP contribution in [0.3, 0.4) is 0 Å². The average Bonchev–Trinajstić information content (AvgIpc) is 2.84. The molecule has 4 heterocycles. The maximum Gasteiger partial charge on any atom is 0.282 e. The van der Waals surface area contributed by atoms with E-state index in [1.807, 2.05) is 0 Å². The molecule has 2 fully saturated rings. The van der Waals surface area contributed by atoms with E-state index in [9.17, 15) is 8.78 Å². The molecule has 0 spiro atoms. The van der Waals surface area contributed by atoms with Crippen LogP contribution in [0, 0.1) is 0 Å². The van der Waals surface area contributed by atoms with Crippen molar-refractivity contribution < 1.29 is 13.5 Å². The highest BCUT2D eigenvalue weighted by molar-refractivity contribution is 6.30. The van der Waals surface area contributed by atoms with Gasteiger partial charge in [0, 0.05) is 18.9 Å². The van der Waals surface area contributed by atoms with E-state index < -0.39 is 5.92 Å². The molecule has 0 N–H and O–H groups in total. The van der Waals surface area contributed by atoms with Gasteiger partial charge < -0.3 is 9.64 Å². The number of pyridine rings is 1. The van der Waals surface area contributed by atoms with Crippen molar-refractivity contribution in [3.05, 3.63) is 17.4 Å². The molecule has 4 rings (SSSR count). The Morgan fingerprint density at radius 3 is 2.82 bits per heavy atom. The molecule has 22 heavy (non-hydrogen) atoms. The zero-order valence-corrected chi connectivity index (χ0v) is 12.6. The summed E-state index contributed by atoms with van der Waals surface area (Å²) in [6, 6.07) is 1.71. The van der Waals surface area contributed by atoms with Gasteiger partial charge in [-0.05, 0) is 19.3 Å². The van der Waals surface area contributed by atoms with Crippen LogP contribution in [0.15, 0.2) is 12.3 Å². The number of hydrogen-bond acceptors (Lipinski definition) is 4. The third kappa shape index (κ3) is 2.32. The lowest BCUT2D eigenvalue weighted by Gasteiger charge is -2.39. The molecular formula is C14H15ClF2N4O. The van der Waals surface area contributed by atoms with Gasteiger partial charge in [0.05, 0.1) is 24.0 Å². The number of aromatic nitrogens is 3. The molecular weight excluding hydrogens is 314 g/mol.